The number of rotatable bonds is 4. The van der Waals surface area contributed by atoms with E-state index in [-0.39, 0.29) is 16.8 Å². The van der Waals surface area contributed by atoms with E-state index in [9.17, 15) is 8.42 Å². The highest BCUT2D eigenvalue weighted by atomic mass is 32.2. The van der Waals surface area contributed by atoms with E-state index in [0.717, 1.165) is 11.5 Å². The van der Waals surface area contributed by atoms with E-state index >= 15 is 0 Å². The molecule has 0 spiro atoms. The van der Waals surface area contributed by atoms with Gasteiger partial charge in [-0.2, -0.15) is 16.1 Å². The predicted octanol–water partition coefficient (Wildman–Crippen LogP) is 1.59. The lowest BCUT2D eigenvalue weighted by atomic mass is 10.1. The molecule has 0 aromatic heterocycles. The Morgan fingerprint density at radius 2 is 2.20 bits per heavy atom. The van der Waals surface area contributed by atoms with Crippen LogP contribution in [-0.4, -0.2) is 41.8 Å². The Kier molecular flexibility index (Phi) is 5.06. The van der Waals surface area contributed by atoms with Gasteiger partial charge in [0.05, 0.1) is 5.75 Å². The van der Waals surface area contributed by atoms with Crippen LogP contribution in [0.1, 0.15) is 18.1 Å². The van der Waals surface area contributed by atoms with Crippen molar-refractivity contribution < 1.29 is 8.42 Å². The summed E-state index contributed by atoms with van der Waals surface area (Å²) < 4.78 is 26.7. The normalized spacial score (nSPS) is 20.8. The fourth-order valence-corrected chi connectivity index (χ4v) is 5.52. The maximum Gasteiger partial charge on any atom is 0.218 e. The minimum Gasteiger partial charge on any atom is -0.389 e. The first kappa shape index (κ1) is 15.8. The zero-order valence-electron chi connectivity index (χ0n) is 11.3. The first-order valence-corrected chi connectivity index (χ1v) is 9.54. The van der Waals surface area contributed by atoms with Gasteiger partial charge >= 0.3 is 0 Å². The smallest absolute Gasteiger partial charge is 0.218 e. The van der Waals surface area contributed by atoms with Crippen LogP contribution in [0.3, 0.4) is 0 Å². The van der Waals surface area contributed by atoms with E-state index in [1.165, 1.54) is 0 Å². The summed E-state index contributed by atoms with van der Waals surface area (Å²) in [5.74, 6) is 1.65. The summed E-state index contributed by atoms with van der Waals surface area (Å²) >= 11 is 6.77. The molecule has 20 heavy (non-hydrogen) atoms. The van der Waals surface area contributed by atoms with Gasteiger partial charge in [0.1, 0.15) is 4.99 Å². The second-order valence-electron chi connectivity index (χ2n) is 4.81. The van der Waals surface area contributed by atoms with Crippen molar-refractivity contribution >= 4 is 39.0 Å². The zero-order valence-corrected chi connectivity index (χ0v) is 13.7. The Morgan fingerprint density at radius 1 is 1.50 bits per heavy atom. The molecule has 1 heterocycles. The van der Waals surface area contributed by atoms with Crippen molar-refractivity contribution in [1.29, 1.82) is 0 Å². The van der Waals surface area contributed by atoms with Gasteiger partial charge in [0.25, 0.3) is 0 Å². The van der Waals surface area contributed by atoms with Gasteiger partial charge < -0.3 is 5.73 Å². The van der Waals surface area contributed by atoms with Crippen LogP contribution >= 0.6 is 24.0 Å². The van der Waals surface area contributed by atoms with Crippen LogP contribution in [0.15, 0.2) is 24.3 Å². The number of sulfonamides is 1. The second-order valence-corrected chi connectivity index (χ2v) is 8.32. The van der Waals surface area contributed by atoms with Crippen molar-refractivity contribution in [2.75, 3.05) is 18.1 Å². The van der Waals surface area contributed by atoms with Crippen molar-refractivity contribution in [2.24, 2.45) is 5.73 Å². The number of thioether (sulfide) groups is 1. The minimum absolute atomic E-state index is 0.0377. The number of hydrogen-bond donors (Lipinski definition) is 1. The first-order chi connectivity index (χ1) is 9.42. The molecule has 1 atom stereocenters. The monoisotopic (exact) mass is 330 g/mol. The first-order valence-electron chi connectivity index (χ1n) is 6.37. The molecule has 1 fully saturated rings. The van der Waals surface area contributed by atoms with E-state index in [1.807, 2.05) is 19.1 Å². The van der Waals surface area contributed by atoms with Crippen LogP contribution < -0.4 is 5.73 Å². The molecule has 2 rings (SSSR count). The van der Waals surface area contributed by atoms with Crippen LogP contribution in [0.2, 0.25) is 0 Å². The largest absolute Gasteiger partial charge is 0.389 e. The summed E-state index contributed by atoms with van der Waals surface area (Å²) in [5, 5.41) is 0. The maximum atomic E-state index is 12.6. The second kappa shape index (κ2) is 6.43. The van der Waals surface area contributed by atoms with Crippen LogP contribution in [-0.2, 0) is 15.8 Å². The van der Waals surface area contributed by atoms with Gasteiger partial charge in [-0.25, -0.2) is 8.42 Å². The van der Waals surface area contributed by atoms with Crippen molar-refractivity contribution in [1.82, 2.24) is 4.31 Å². The van der Waals surface area contributed by atoms with E-state index in [4.69, 9.17) is 18.0 Å². The van der Waals surface area contributed by atoms with Gasteiger partial charge in [-0.05, 0) is 12.5 Å². The topological polar surface area (TPSA) is 63.4 Å². The maximum absolute atomic E-state index is 12.6. The molecule has 0 bridgehead atoms. The Labute approximate surface area is 129 Å². The van der Waals surface area contributed by atoms with Crippen LogP contribution in [0.4, 0.5) is 0 Å². The van der Waals surface area contributed by atoms with Gasteiger partial charge in [0, 0.05) is 29.7 Å². The molecule has 1 aromatic carbocycles. The third-order valence-corrected chi connectivity index (χ3v) is 6.63. The molecule has 4 nitrogen and oxygen atoms in total. The molecule has 1 aliphatic heterocycles. The van der Waals surface area contributed by atoms with Crippen molar-refractivity contribution in [2.45, 2.75) is 18.7 Å². The van der Waals surface area contributed by atoms with Gasteiger partial charge in [-0.1, -0.05) is 36.5 Å². The third kappa shape index (κ3) is 3.52. The molecule has 0 saturated carbocycles. The fraction of sp³-hybridized carbons (Fsp3) is 0.462. The lowest BCUT2D eigenvalue weighted by molar-refractivity contribution is 0.367. The molecule has 110 valence electrons. The van der Waals surface area contributed by atoms with Gasteiger partial charge in [0.2, 0.25) is 10.0 Å². The zero-order chi connectivity index (χ0) is 14.8. The average molecular weight is 331 g/mol. The van der Waals surface area contributed by atoms with Gasteiger partial charge in [0.15, 0.2) is 0 Å². The van der Waals surface area contributed by atoms with Gasteiger partial charge in [-0.3, -0.25) is 0 Å². The molecule has 0 radical (unpaired) electrons. The van der Waals surface area contributed by atoms with Crippen molar-refractivity contribution in [3.63, 3.8) is 0 Å². The van der Waals surface area contributed by atoms with E-state index in [0.29, 0.717) is 17.7 Å². The van der Waals surface area contributed by atoms with Crippen molar-refractivity contribution in [3.8, 4) is 0 Å². The highest BCUT2D eigenvalue weighted by Gasteiger charge is 2.30. The summed E-state index contributed by atoms with van der Waals surface area (Å²) in [7, 11) is -3.34. The molecule has 1 unspecified atom stereocenters. The number of nitrogens with zero attached hydrogens (tertiary/aromatic N) is 1. The quantitative estimate of drug-likeness (QED) is 0.850. The van der Waals surface area contributed by atoms with Gasteiger partial charge in [-0.15, -0.1) is 0 Å². The molecule has 1 saturated heterocycles. The Hall–Kier alpha value is -0.630. The van der Waals surface area contributed by atoms with Crippen LogP contribution in [0, 0.1) is 0 Å². The minimum atomic E-state index is -3.34. The number of hydrogen-bond acceptors (Lipinski definition) is 4. The van der Waals surface area contributed by atoms with E-state index in [2.05, 4.69) is 0 Å². The fourth-order valence-electron chi connectivity index (χ4n) is 2.29. The van der Waals surface area contributed by atoms with Crippen LogP contribution in [0.25, 0.3) is 0 Å². The lowest BCUT2D eigenvalue weighted by Crippen LogP contribution is -2.45. The SMILES string of the molecule is CC1CSCCN1S(=O)(=O)Cc1ccccc1C(N)=S. The molecule has 1 aliphatic rings. The highest BCUT2D eigenvalue weighted by molar-refractivity contribution is 7.99. The Morgan fingerprint density at radius 3 is 2.85 bits per heavy atom. The highest BCUT2D eigenvalue weighted by Crippen LogP contribution is 2.23. The predicted molar refractivity (Wildman–Crippen MR) is 88.4 cm³/mol. The summed E-state index contributed by atoms with van der Waals surface area (Å²) in [6.45, 7) is 2.52. The molecular formula is C13H18N2O2S3. The summed E-state index contributed by atoms with van der Waals surface area (Å²) in [6, 6.07) is 7.20. The number of thiocarbonyl (C=S) groups is 1. The third-order valence-electron chi connectivity index (χ3n) is 3.28. The molecule has 0 amide bonds. The number of benzene rings is 1. The Balaban J connectivity index is 2.26. The number of nitrogens with two attached hydrogens (primary N) is 1. The molecule has 2 N–H and O–H groups in total. The van der Waals surface area contributed by atoms with Crippen LogP contribution in [0.5, 0.6) is 0 Å². The Bertz CT molecular complexity index is 601. The standard InChI is InChI=1S/C13H18N2O2S3/c1-10-8-19-7-6-15(10)20(16,17)9-11-4-2-3-5-12(11)13(14)18/h2-5,10H,6-9H2,1H3,(H2,14,18). The van der Waals surface area contributed by atoms with E-state index in [1.54, 1.807) is 28.2 Å². The molecule has 0 aliphatic carbocycles. The summed E-state index contributed by atoms with van der Waals surface area (Å²) in [5.41, 5.74) is 6.97. The van der Waals surface area contributed by atoms with E-state index < -0.39 is 10.0 Å². The molecule has 7 heteroatoms. The lowest BCUT2D eigenvalue weighted by Gasteiger charge is -2.32. The van der Waals surface area contributed by atoms with Crippen molar-refractivity contribution in [3.05, 3.63) is 35.4 Å². The molecule has 1 aromatic rings. The summed E-state index contributed by atoms with van der Waals surface area (Å²) in [6.07, 6.45) is 0. The average Bonchev–Trinajstić information content (AvgIpc) is 2.39. The summed E-state index contributed by atoms with van der Waals surface area (Å²) in [4.78, 5) is 0.234. The molecular weight excluding hydrogens is 312 g/mol.